The number of carbonyl (C=O) groups is 1. The molecule has 0 saturated heterocycles. The number of thiophene rings is 1. The molecule has 0 radical (unpaired) electrons. The van der Waals surface area contributed by atoms with E-state index >= 15 is 0 Å². The highest BCUT2D eigenvalue weighted by Gasteiger charge is 2.25. The average molecular weight is 361 g/mol. The van der Waals surface area contributed by atoms with Gasteiger partial charge in [-0.1, -0.05) is 25.1 Å². The molecule has 0 saturated carbocycles. The van der Waals surface area contributed by atoms with Gasteiger partial charge in [0.25, 0.3) is 0 Å². The smallest absolute Gasteiger partial charge is 0.235 e. The second-order valence-electron chi connectivity index (χ2n) is 5.99. The van der Waals surface area contributed by atoms with Crippen molar-refractivity contribution in [2.75, 3.05) is 11.1 Å². The summed E-state index contributed by atoms with van der Waals surface area (Å²) in [5.41, 5.74) is 1.82. The van der Waals surface area contributed by atoms with Crippen molar-refractivity contribution in [1.29, 1.82) is 5.26 Å². The molecule has 0 fully saturated rings. The van der Waals surface area contributed by atoms with Crippen LogP contribution >= 0.6 is 23.1 Å². The molecule has 1 aliphatic carbocycles. The molecule has 1 atom stereocenters. The molecule has 0 bridgehead atoms. The van der Waals surface area contributed by atoms with Crippen LogP contribution in [0.3, 0.4) is 0 Å². The molecule has 0 aromatic carbocycles. The number of anilines is 1. The summed E-state index contributed by atoms with van der Waals surface area (Å²) in [6.45, 7) is 2.21. The molecule has 24 heavy (non-hydrogen) atoms. The molecule has 0 spiro atoms. The normalized spacial score (nSPS) is 16.5. The van der Waals surface area contributed by atoms with E-state index in [9.17, 15) is 10.1 Å². The van der Waals surface area contributed by atoms with E-state index in [1.165, 1.54) is 23.1 Å². The third-order valence-corrected chi connectivity index (χ3v) is 6.65. The molecule has 0 unspecified atom stereocenters. The Hall–Kier alpha value is -1.78. The Morgan fingerprint density at radius 3 is 3.12 bits per heavy atom. The van der Waals surface area contributed by atoms with Gasteiger partial charge in [0.15, 0.2) is 5.16 Å². The highest BCUT2D eigenvalue weighted by Crippen LogP contribution is 2.40. The van der Waals surface area contributed by atoms with Crippen LogP contribution in [0.4, 0.5) is 5.00 Å². The molecule has 0 aliphatic heterocycles. The van der Waals surface area contributed by atoms with Crippen LogP contribution in [-0.4, -0.2) is 21.2 Å². The first-order valence-electron chi connectivity index (χ1n) is 8.07. The third-order valence-electron chi connectivity index (χ3n) is 4.42. The average Bonchev–Trinajstić information content (AvgIpc) is 3.14. The number of thioether (sulfide) groups is 1. The lowest BCUT2D eigenvalue weighted by molar-refractivity contribution is -0.113. The first-order valence-corrected chi connectivity index (χ1v) is 9.87. The van der Waals surface area contributed by atoms with Gasteiger partial charge in [0.05, 0.1) is 11.3 Å². The number of amides is 1. The van der Waals surface area contributed by atoms with E-state index in [0.717, 1.165) is 30.0 Å². The van der Waals surface area contributed by atoms with Crippen molar-refractivity contribution in [2.24, 2.45) is 13.0 Å². The van der Waals surface area contributed by atoms with Crippen molar-refractivity contribution in [3.8, 4) is 6.07 Å². The molecular weight excluding hydrogens is 340 g/mol. The maximum absolute atomic E-state index is 12.2. The van der Waals surface area contributed by atoms with Crippen LogP contribution < -0.4 is 5.32 Å². The lowest BCUT2D eigenvalue weighted by atomic mass is 9.86. The standard InChI is InChI=1S/C17H20N4OS2/c1-3-11-4-5-12-13(9-18)16(24-14(12)8-11)20-15(22)10-23-17-19-6-7-21(17)2/h6-7,11H,3-5,8,10H2,1-2H3,(H,20,22)/t11-/m0/s1. The summed E-state index contributed by atoms with van der Waals surface area (Å²) in [5.74, 6) is 0.894. The molecular formula is C17H20N4OS2. The minimum absolute atomic E-state index is 0.0925. The number of fused-ring (bicyclic) bond motifs is 1. The fourth-order valence-corrected chi connectivity index (χ4v) is 5.05. The number of nitriles is 1. The minimum atomic E-state index is -0.0925. The zero-order valence-corrected chi connectivity index (χ0v) is 15.5. The van der Waals surface area contributed by atoms with Gasteiger partial charge in [-0.25, -0.2) is 4.98 Å². The van der Waals surface area contributed by atoms with Gasteiger partial charge in [-0.05, 0) is 30.7 Å². The number of nitrogens with one attached hydrogen (secondary N) is 1. The van der Waals surface area contributed by atoms with Gasteiger partial charge in [0.1, 0.15) is 11.1 Å². The van der Waals surface area contributed by atoms with Crippen LogP contribution in [-0.2, 0) is 24.7 Å². The molecule has 5 nitrogen and oxygen atoms in total. The van der Waals surface area contributed by atoms with Crippen LogP contribution in [0.5, 0.6) is 0 Å². The quantitative estimate of drug-likeness (QED) is 0.827. The first kappa shape index (κ1) is 17.1. The van der Waals surface area contributed by atoms with Gasteiger partial charge in [0.2, 0.25) is 5.91 Å². The molecule has 1 amide bonds. The Labute approximate surface area is 150 Å². The number of imidazole rings is 1. The van der Waals surface area contributed by atoms with E-state index < -0.39 is 0 Å². The van der Waals surface area contributed by atoms with Gasteiger partial charge in [-0.15, -0.1) is 11.3 Å². The Balaban J connectivity index is 1.69. The van der Waals surface area contributed by atoms with Crippen LogP contribution in [0.25, 0.3) is 0 Å². The van der Waals surface area contributed by atoms with Crippen LogP contribution in [0.1, 0.15) is 35.8 Å². The van der Waals surface area contributed by atoms with E-state index in [-0.39, 0.29) is 11.7 Å². The van der Waals surface area contributed by atoms with Crippen LogP contribution in [0, 0.1) is 17.2 Å². The summed E-state index contributed by atoms with van der Waals surface area (Å²) >= 11 is 2.97. The van der Waals surface area contributed by atoms with E-state index in [1.807, 2.05) is 17.8 Å². The number of aryl methyl sites for hydroxylation is 1. The number of aromatic nitrogens is 2. The highest BCUT2D eigenvalue weighted by molar-refractivity contribution is 7.99. The Bertz CT molecular complexity index is 787. The largest absolute Gasteiger partial charge is 0.329 e. The molecule has 3 rings (SSSR count). The SMILES string of the molecule is CC[C@H]1CCc2c(sc(NC(=O)CSc3nccn3C)c2C#N)C1. The van der Waals surface area contributed by atoms with Gasteiger partial charge in [-0.3, -0.25) is 4.79 Å². The monoisotopic (exact) mass is 360 g/mol. The first-order chi connectivity index (χ1) is 11.6. The summed E-state index contributed by atoms with van der Waals surface area (Å²) < 4.78 is 1.88. The second-order valence-corrected chi connectivity index (χ2v) is 8.04. The summed E-state index contributed by atoms with van der Waals surface area (Å²) in [6, 6.07) is 2.29. The molecule has 126 valence electrons. The summed E-state index contributed by atoms with van der Waals surface area (Å²) in [7, 11) is 1.90. The van der Waals surface area contributed by atoms with Gasteiger partial charge >= 0.3 is 0 Å². The molecule has 7 heteroatoms. The van der Waals surface area contributed by atoms with Crippen molar-refractivity contribution in [1.82, 2.24) is 9.55 Å². The highest BCUT2D eigenvalue weighted by atomic mass is 32.2. The van der Waals surface area contributed by atoms with Gasteiger partial charge in [0, 0.05) is 24.3 Å². The fourth-order valence-electron chi connectivity index (χ4n) is 2.99. The van der Waals surface area contributed by atoms with Crippen LogP contribution in [0.2, 0.25) is 0 Å². The zero-order chi connectivity index (χ0) is 17.1. The summed E-state index contributed by atoms with van der Waals surface area (Å²) in [4.78, 5) is 17.7. The number of rotatable bonds is 5. The summed E-state index contributed by atoms with van der Waals surface area (Å²) in [6.07, 6.45) is 7.85. The topological polar surface area (TPSA) is 70.7 Å². The molecule has 1 N–H and O–H groups in total. The second kappa shape index (κ2) is 7.41. The third kappa shape index (κ3) is 3.50. The molecule has 2 aromatic rings. The van der Waals surface area contributed by atoms with E-state index in [2.05, 4.69) is 23.3 Å². The number of carbonyl (C=O) groups excluding carboxylic acids is 1. The maximum atomic E-state index is 12.2. The van der Waals surface area contributed by atoms with Crippen molar-refractivity contribution in [3.05, 3.63) is 28.4 Å². The molecule has 2 aromatic heterocycles. The van der Waals surface area contributed by atoms with E-state index in [4.69, 9.17) is 0 Å². The van der Waals surface area contributed by atoms with E-state index in [0.29, 0.717) is 16.5 Å². The zero-order valence-electron chi connectivity index (χ0n) is 13.8. The van der Waals surface area contributed by atoms with Gasteiger partial charge in [-0.2, -0.15) is 5.26 Å². The van der Waals surface area contributed by atoms with E-state index in [1.54, 1.807) is 17.5 Å². The number of hydrogen-bond acceptors (Lipinski definition) is 5. The molecule has 1 aliphatic rings. The molecule has 2 heterocycles. The predicted molar refractivity (Wildman–Crippen MR) is 97.4 cm³/mol. The van der Waals surface area contributed by atoms with Crippen molar-refractivity contribution in [3.63, 3.8) is 0 Å². The van der Waals surface area contributed by atoms with Crippen molar-refractivity contribution < 1.29 is 4.79 Å². The maximum Gasteiger partial charge on any atom is 0.235 e. The fraction of sp³-hybridized carbons (Fsp3) is 0.471. The Morgan fingerprint density at radius 2 is 2.46 bits per heavy atom. The number of hydrogen-bond donors (Lipinski definition) is 1. The Morgan fingerprint density at radius 1 is 1.62 bits per heavy atom. The van der Waals surface area contributed by atoms with Crippen molar-refractivity contribution in [2.45, 2.75) is 37.8 Å². The number of nitrogens with zero attached hydrogens (tertiary/aromatic N) is 3. The predicted octanol–water partition coefficient (Wildman–Crippen LogP) is 3.60. The Kier molecular flexibility index (Phi) is 5.27. The van der Waals surface area contributed by atoms with Crippen LogP contribution in [0.15, 0.2) is 17.6 Å². The summed E-state index contributed by atoms with van der Waals surface area (Å²) in [5, 5.41) is 14.0. The van der Waals surface area contributed by atoms with Gasteiger partial charge < -0.3 is 9.88 Å². The van der Waals surface area contributed by atoms with Crippen molar-refractivity contribution >= 4 is 34.0 Å². The lowest BCUT2D eigenvalue weighted by Crippen LogP contribution is -2.14. The lowest BCUT2D eigenvalue weighted by Gasteiger charge is -2.20. The minimum Gasteiger partial charge on any atom is -0.329 e.